The highest BCUT2D eigenvalue weighted by molar-refractivity contribution is 7.99. The Morgan fingerprint density at radius 3 is 2.74 bits per heavy atom. The molecule has 0 spiro atoms. The van der Waals surface area contributed by atoms with E-state index in [-0.39, 0.29) is 23.3 Å². The third-order valence-corrected chi connectivity index (χ3v) is 7.54. The van der Waals surface area contributed by atoms with E-state index in [2.05, 4.69) is 51.5 Å². The van der Waals surface area contributed by atoms with Crippen LogP contribution < -0.4 is 10.6 Å². The summed E-state index contributed by atoms with van der Waals surface area (Å²) in [7, 11) is 0. The number of carbonyl (C=O) groups is 1. The van der Waals surface area contributed by atoms with Gasteiger partial charge in [0.15, 0.2) is 11.0 Å². The maximum absolute atomic E-state index is 12.6. The summed E-state index contributed by atoms with van der Waals surface area (Å²) in [6, 6.07) is 13.4. The molecule has 2 unspecified atom stereocenters. The van der Waals surface area contributed by atoms with Gasteiger partial charge in [0.05, 0.1) is 12.6 Å². The van der Waals surface area contributed by atoms with Crippen molar-refractivity contribution in [1.29, 1.82) is 0 Å². The highest BCUT2D eigenvalue weighted by Gasteiger charge is 2.35. The fourth-order valence-electron chi connectivity index (χ4n) is 4.73. The normalized spacial score (nSPS) is 17.1. The van der Waals surface area contributed by atoms with Gasteiger partial charge in [0.2, 0.25) is 11.9 Å². The molecule has 0 saturated carbocycles. The third kappa shape index (κ3) is 6.17. The van der Waals surface area contributed by atoms with E-state index in [0.717, 1.165) is 41.4 Å². The van der Waals surface area contributed by atoms with Crippen molar-refractivity contribution in [2.24, 2.45) is 11.3 Å². The molecule has 3 aromatic heterocycles. The van der Waals surface area contributed by atoms with Crippen LogP contribution in [0, 0.1) is 18.3 Å². The van der Waals surface area contributed by atoms with Crippen molar-refractivity contribution in [1.82, 2.24) is 29.5 Å². The summed E-state index contributed by atoms with van der Waals surface area (Å²) in [5.74, 6) is 1.45. The summed E-state index contributed by atoms with van der Waals surface area (Å²) >= 11 is 1.45. The standard InChI is InChI=1S/C27H34N8O2S/c1-17-14-21(33-32-17)29-25-31-26(30-22-6-5-12-35(22)25)38-20-9-7-19(8-10-20)28-23(36)16-34-13-11-18(15-34)24(37)27(2,3)4/h5-10,12,14,18,24,37H,11,13,15-16H2,1-4H3,(H,28,36)(H2,29,30,31,32,33). The number of aliphatic hydroxyl groups is 1. The minimum atomic E-state index is -0.371. The van der Waals surface area contributed by atoms with Crippen molar-refractivity contribution in [3.8, 4) is 0 Å². The first kappa shape index (κ1) is 26.2. The topological polar surface area (TPSA) is 123 Å². The molecule has 200 valence electrons. The number of carbonyl (C=O) groups excluding carboxylic acids is 1. The molecule has 1 aromatic carbocycles. The Kier molecular flexibility index (Phi) is 7.42. The zero-order chi connectivity index (χ0) is 26.9. The molecular formula is C27H34N8O2S. The number of fused-ring (bicyclic) bond motifs is 1. The number of H-pyrrole nitrogens is 1. The molecule has 4 N–H and O–H groups in total. The molecule has 1 amide bonds. The van der Waals surface area contributed by atoms with Gasteiger partial charge in [0.1, 0.15) is 5.65 Å². The Balaban J connectivity index is 1.19. The first-order valence-corrected chi connectivity index (χ1v) is 13.6. The predicted molar refractivity (Wildman–Crippen MR) is 149 cm³/mol. The van der Waals surface area contributed by atoms with Crippen molar-refractivity contribution in [2.45, 2.75) is 50.3 Å². The van der Waals surface area contributed by atoms with Crippen LogP contribution in [0.3, 0.4) is 0 Å². The molecule has 0 aliphatic carbocycles. The molecule has 4 aromatic rings. The lowest BCUT2D eigenvalue weighted by atomic mass is 9.81. The molecule has 2 atom stereocenters. The van der Waals surface area contributed by atoms with E-state index in [0.29, 0.717) is 23.5 Å². The second-order valence-corrected chi connectivity index (χ2v) is 11.9. The van der Waals surface area contributed by atoms with E-state index >= 15 is 0 Å². The van der Waals surface area contributed by atoms with Gasteiger partial charge < -0.3 is 15.7 Å². The van der Waals surface area contributed by atoms with Gasteiger partial charge in [-0.1, -0.05) is 20.8 Å². The van der Waals surface area contributed by atoms with Crippen LogP contribution in [-0.2, 0) is 4.79 Å². The second-order valence-electron chi connectivity index (χ2n) is 10.9. The van der Waals surface area contributed by atoms with E-state index in [9.17, 15) is 9.90 Å². The highest BCUT2D eigenvalue weighted by Crippen LogP contribution is 2.31. The molecular weight excluding hydrogens is 500 g/mol. The van der Waals surface area contributed by atoms with E-state index < -0.39 is 0 Å². The number of aromatic amines is 1. The third-order valence-electron chi connectivity index (χ3n) is 6.67. The maximum atomic E-state index is 12.6. The molecule has 0 bridgehead atoms. The summed E-state index contributed by atoms with van der Waals surface area (Å²) in [6.07, 6.45) is 2.44. The van der Waals surface area contributed by atoms with Crippen LogP contribution in [0.1, 0.15) is 32.9 Å². The van der Waals surface area contributed by atoms with Crippen LogP contribution in [0.4, 0.5) is 17.5 Å². The Bertz CT molecular complexity index is 1410. The van der Waals surface area contributed by atoms with Crippen LogP contribution in [-0.4, -0.2) is 66.2 Å². The van der Waals surface area contributed by atoms with Gasteiger partial charge in [-0.15, -0.1) is 0 Å². The number of anilines is 3. The Morgan fingerprint density at radius 2 is 2.03 bits per heavy atom. The largest absolute Gasteiger partial charge is 0.392 e. The predicted octanol–water partition coefficient (Wildman–Crippen LogP) is 4.32. The number of hydrogen-bond donors (Lipinski definition) is 4. The number of amides is 1. The zero-order valence-corrected chi connectivity index (χ0v) is 22.9. The lowest BCUT2D eigenvalue weighted by Crippen LogP contribution is -2.37. The summed E-state index contributed by atoms with van der Waals surface area (Å²) in [5.41, 5.74) is 2.32. The summed E-state index contributed by atoms with van der Waals surface area (Å²) < 4.78 is 1.87. The Hall–Kier alpha value is -3.41. The fourth-order valence-corrected chi connectivity index (χ4v) is 5.48. The number of likely N-dealkylation sites (tertiary alicyclic amines) is 1. The fraction of sp³-hybridized carbons (Fsp3) is 0.407. The molecule has 5 rings (SSSR count). The quantitative estimate of drug-likeness (QED) is 0.264. The molecule has 1 aliphatic heterocycles. The van der Waals surface area contributed by atoms with Crippen molar-refractivity contribution in [3.05, 3.63) is 54.4 Å². The summed E-state index contributed by atoms with van der Waals surface area (Å²) in [4.78, 5) is 25.1. The maximum Gasteiger partial charge on any atom is 0.238 e. The Labute approximate surface area is 226 Å². The number of aliphatic hydroxyl groups excluding tert-OH is 1. The molecule has 0 radical (unpaired) electrons. The number of hydrogen-bond acceptors (Lipinski definition) is 8. The average molecular weight is 535 g/mol. The van der Waals surface area contributed by atoms with Gasteiger partial charge >= 0.3 is 0 Å². The van der Waals surface area contributed by atoms with E-state index in [4.69, 9.17) is 4.98 Å². The molecule has 1 fully saturated rings. The molecule has 4 heterocycles. The van der Waals surface area contributed by atoms with E-state index in [1.165, 1.54) is 11.8 Å². The number of rotatable bonds is 8. The van der Waals surface area contributed by atoms with Gasteiger partial charge in [0, 0.05) is 35.1 Å². The minimum absolute atomic E-state index is 0.0531. The number of nitrogens with one attached hydrogen (secondary N) is 3. The lowest BCUT2D eigenvalue weighted by molar-refractivity contribution is -0.117. The number of nitrogens with zero attached hydrogens (tertiary/aromatic N) is 5. The van der Waals surface area contributed by atoms with Crippen molar-refractivity contribution >= 4 is 40.8 Å². The van der Waals surface area contributed by atoms with Gasteiger partial charge in [-0.2, -0.15) is 10.1 Å². The lowest BCUT2D eigenvalue weighted by Gasteiger charge is -2.30. The minimum Gasteiger partial charge on any atom is -0.392 e. The summed E-state index contributed by atoms with van der Waals surface area (Å²) in [6.45, 7) is 9.98. The van der Waals surface area contributed by atoms with Gasteiger partial charge in [0.25, 0.3) is 0 Å². The first-order valence-electron chi connectivity index (χ1n) is 12.8. The number of aryl methyl sites for hydroxylation is 1. The summed E-state index contributed by atoms with van der Waals surface area (Å²) in [5, 5.41) is 24.6. The first-order chi connectivity index (χ1) is 18.1. The van der Waals surface area contributed by atoms with Crippen molar-refractivity contribution in [2.75, 3.05) is 30.3 Å². The van der Waals surface area contributed by atoms with Crippen LogP contribution in [0.2, 0.25) is 0 Å². The second kappa shape index (κ2) is 10.8. The van der Waals surface area contributed by atoms with Crippen LogP contribution in [0.15, 0.2) is 58.7 Å². The number of benzene rings is 1. The molecule has 10 nitrogen and oxygen atoms in total. The number of aromatic nitrogens is 5. The molecule has 1 saturated heterocycles. The molecule has 38 heavy (non-hydrogen) atoms. The van der Waals surface area contributed by atoms with E-state index in [1.807, 2.05) is 60.0 Å². The molecule has 11 heteroatoms. The SMILES string of the molecule is Cc1cc(Nc2nc(Sc3ccc(NC(=O)CN4CCC(C(O)C(C)(C)C)C4)cc3)nc3cccn23)n[nH]1. The zero-order valence-electron chi connectivity index (χ0n) is 22.1. The highest BCUT2D eigenvalue weighted by atomic mass is 32.2. The molecule has 1 aliphatic rings. The van der Waals surface area contributed by atoms with Gasteiger partial charge in [-0.25, -0.2) is 4.98 Å². The van der Waals surface area contributed by atoms with Crippen LogP contribution >= 0.6 is 11.8 Å². The average Bonchev–Trinajstić information content (AvgIpc) is 3.61. The van der Waals surface area contributed by atoms with E-state index in [1.54, 1.807) is 0 Å². The van der Waals surface area contributed by atoms with Crippen molar-refractivity contribution in [3.63, 3.8) is 0 Å². The van der Waals surface area contributed by atoms with Gasteiger partial charge in [-0.05, 0) is 79.4 Å². The van der Waals surface area contributed by atoms with Crippen molar-refractivity contribution < 1.29 is 9.90 Å². The van der Waals surface area contributed by atoms with Gasteiger partial charge in [-0.3, -0.25) is 19.2 Å². The van der Waals surface area contributed by atoms with Crippen LogP contribution in [0.5, 0.6) is 0 Å². The smallest absolute Gasteiger partial charge is 0.238 e. The van der Waals surface area contributed by atoms with Crippen LogP contribution in [0.25, 0.3) is 5.65 Å². The Morgan fingerprint density at radius 1 is 1.24 bits per heavy atom. The monoisotopic (exact) mass is 534 g/mol.